The van der Waals surface area contributed by atoms with Crippen LogP contribution in [0, 0.1) is 0 Å². The Morgan fingerprint density at radius 2 is 2.33 bits per heavy atom. The number of fused-ring (bicyclic) bond motifs is 1. The van der Waals surface area contributed by atoms with Crippen molar-refractivity contribution in [2.45, 2.75) is 13.5 Å². The van der Waals surface area contributed by atoms with Gasteiger partial charge in [-0.3, -0.25) is 4.79 Å². The Bertz CT molecular complexity index is 645. The Labute approximate surface area is 113 Å². The van der Waals surface area contributed by atoms with Crippen LogP contribution < -0.4 is 4.80 Å². The van der Waals surface area contributed by atoms with E-state index < -0.39 is 0 Å². The maximum absolute atomic E-state index is 11.2. The number of carbonyl (C=O) groups excluding carboxylic acids is 1. The van der Waals surface area contributed by atoms with Crippen molar-refractivity contribution in [2.75, 3.05) is 13.7 Å². The number of aromatic nitrogens is 1. The van der Waals surface area contributed by atoms with Crippen molar-refractivity contribution in [2.24, 2.45) is 4.99 Å². The second kappa shape index (κ2) is 5.65. The second-order valence-corrected chi connectivity index (χ2v) is 5.22. The summed E-state index contributed by atoms with van der Waals surface area (Å²) in [7, 11) is 1.65. The van der Waals surface area contributed by atoms with Gasteiger partial charge < -0.3 is 9.30 Å². The molecule has 0 unspecified atom stereocenters. The standard InChI is InChI=1S/C12H13ClN2O2S/c1-8(16)14-12-15(5-6-17-2)10-4-3-9(13)7-11(10)18-12/h3-4,7H,5-6H2,1-2H3. The molecule has 0 spiro atoms. The van der Waals surface area contributed by atoms with Crippen LogP contribution in [-0.2, 0) is 16.1 Å². The third-order valence-electron chi connectivity index (χ3n) is 2.42. The van der Waals surface area contributed by atoms with Gasteiger partial charge in [0, 0.05) is 25.6 Å². The highest BCUT2D eigenvalue weighted by atomic mass is 35.5. The largest absolute Gasteiger partial charge is 0.383 e. The van der Waals surface area contributed by atoms with Crippen molar-refractivity contribution in [1.82, 2.24) is 4.57 Å². The van der Waals surface area contributed by atoms with Gasteiger partial charge in [-0.05, 0) is 18.2 Å². The zero-order chi connectivity index (χ0) is 13.1. The van der Waals surface area contributed by atoms with Crippen LogP contribution in [0.3, 0.4) is 0 Å². The molecule has 96 valence electrons. The van der Waals surface area contributed by atoms with E-state index in [4.69, 9.17) is 16.3 Å². The molecule has 0 aliphatic carbocycles. The summed E-state index contributed by atoms with van der Waals surface area (Å²) in [6.07, 6.45) is 0. The highest BCUT2D eigenvalue weighted by Crippen LogP contribution is 2.21. The number of thiazole rings is 1. The summed E-state index contributed by atoms with van der Waals surface area (Å²) in [4.78, 5) is 15.9. The molecular formula is C12H13ClN2O2S. The number of benzene rings is 1. The van der Waals surface area contributed by atoms with Crippen LogP contribution in [-0.4, -0.2) is 24.2 Å². The highest BCUT2D eigenvalue weighted by molar-refractivity contribution is 7.16. The first kappa shape index (κ1) is 13.3. The normalized spacial score (nSPS) is 12.3. The molecule has 18 heavy (non-hydrogen) atoms. The van der Waals surface area contributed by atoms with Gasteiger partial charge in [-0.15, -0.1) is 0 Å². The molecule has 0 saturated heterocycles. The first-order valence-electron chi connectivity index (χ1n) is 5.45. The minimum atomic E-state index is -0.209. The van der Waals surface area contributed by atoms with Gasteiger partial charge in [0.05, 0.1) is 16.8 Å². The lowest BCUT2D eigenvalue weighted by Crippen LogP contribution is -2.18. The summed E-state index contributed by atoms with van der Waals surface area (Å²) in [5.74, 6) is -0.209. The number of rotatable bonds is 3. The molecule has 1 aromatic carbocycles. The minimum Gasteiger partial charge on any atom is -0.383 e. The summed E-state index contributed by atoms with van der Waals surface area (Å²) >= 11 is 7.42. The topological polar surface area (TPSA) is 43.6 Å². The van der Waals surface area contributed by atoms with Crippen LogP contribution in [0.2, 0.25) is 5.02 Å². The lowest BCUT2D eigenvalue weighted by molar-refractivity contribution is -0.116. The Balaban J connectivity index is 2.64. The van der Waals surface area contributed by atoms with Gasteiger partial charge in [-0.25, -0.2) is 0 Å². The fourth-order valence-corrected chi connectivity index (χ4v) is 3.04. The number of methoxy groups -OCH3 is 1. The number of carbonyl (C=O) groups is 1. The van der Waals surface area contributed by atoms with Gasteiger partial charge >= 0.3 is 0 Å². The van der Waals surface area contributed by atoms with Crippen LogP contribution in [0.15, 0.2) is 23.2 Å². The molecule has 4 nitrogen and oxygen atoms in total. The molecule has 0 atom stereocenters. The number of hydrogen-bond acceptors (Lipinski definition) is 3. The molecular weight excluding hydrogens is 272 g/mol. The molecule has 0 aliphatic heterocycles. The van der Waals surface area contributed by atoms with Crippen LogP contribution in [0.5, 0.6) is 0 Å². The maximum atomic E-state index is 11.2. The Hall–Kier alpha value is -1.17. The first-order valence-corrected chi connectivity index (χ1v) is 6.64. The summed E-state index contributed by atoms with van der Waals surface area (Å²) < 4.78 is 8.06. The van der Waals surface area contributed by atoms with E-state index in [0.29, 0.717) is 23.0 Å². The van der Waals surface area contributed by atoms with Gasteiger partial charge in [0.2, 0.25) is 5.91 Å². The van der Waals surface area contributed by atoms with Crippen molar-refractivity contribution >= 4 is 39.1 Å². The molecule has 0 N–H and O–H groups in total. The molecule has 1 amide bonds. The van der Waals surface area contributed by atoms with Gasteiger partial charge in [0.1, 0.15) is 0 Å². The average Bonchev–Trinajstić information content (AvgIpc) is 2.62. The molecule has 1 heterocycles. The summed E-state index contributed by atoms with van der Waals surface area (Å²) in [6, 6.07) is 5.64. The third kappa shape index (κ3) is 2.80. The zero-order valence-electron chi connectivity index (χ0n) is 10.1. The van der Waals surface area contributed by atoms with E-state index in [1.165, 1.54) is 18.3 Å². The zero-order valence-corrected chi connectivity index (χ0v) is 11.7. The van der Waals surface area contributed by atoms with Gasteiger partial charge in [0.25, 0.3) is 0 Å². The molecule has 2 aromatic rings. The Morgan fingerprint density at radius 1 is 1.56 bits per heavy atom. The average molecular weight is 285 g/mol. The number of hydrogen-bond donors (Lipinski definition) is 0. The summed E-state index contributed by atoms with van der Waals surface area (Å²) in [6.45, 7) is 2.67. The highest BCUT2D eigenvalue weighted by Gasteiger charge is 2.07. The second-order valence-electron chi connectivity index (χ2n) is 3.77. The van der Waals surface area contributed by atoms with E-state index in [1.807, 2.05) is 22.8 Å². The van der Waals surface area contributed by atoms with Crippen molar-refractivity contribution in [3.05, 3.63) is 28.0 Å². The summed E-state index contributed by atoms with van der Waals surface area (Å²) in [5.41, 5.74) is 1.02. The molecule has 0 saturated carbocycles. The molecule has 0 fully saturated rings. The van der Waals surface area contributed by atoms with E-state index in [-0.39, 0.29) is 5.91 Å². The first-order chi connectivity index (χ1) is 8.61. The van der Waals surface area contributed by atoms with Crippen LogP contribution >= 0.6 is 22.9 Å². The molecule has 2 rings (SSSR count). The van der Waals surface area contributed by atoms with Gasteiger partial charge in [-0.1, -0.05) is 22.9 Å². The lowest BCUT2D eigenvalue weighted by Gasteiger charge is -2.03. The van der Waals surface area contributed by atoms with Crippen molar-refractivity contribution in [3.63, 3.8) is 0 Å². The minimum absolute atomic E-state index is 0.209. The molecule has 6 heteroatoms. The Kier molecular flexibility index (Phi) is 4.16. The fraction of sp³-hybridized carbons (Fsp3) is 0.333. The number of nitrogens with zero attached hydrogens (tertiary/aromatic N) is 2. The van der Waals surface area contributed by atoms with E-state index in [2.05, 4.69) is 4.99 Å². The smallest absolute Gasteiger partial charge is 0.245 e. The van der Waals surface area contributed by atoms with Crippen molar-refractivity contribution in [1.29, 1.82) is 0 Å². The Morgan fingerprint density at radius 3 is 3.00 bits per heavy atom. The van der Waals surface area contributed by atoms with E-state index in [0.717, 1.165) is 10.2 Å². The number of ether oxygens (including phenoxy) is 1. The van der Waals surface area contributed by atoms with Crippen LogP contribution in [0.25, 0.3) is 10.2 Å². The van der Waals surface area contributed by atoms with Crippen molar-refractivity contribution in [3.8, 4) is 0 Å². The van der Waals surface area contributed by atoms with Crippen LogP contribution in [0.1, 0.15) is 6.92 Å². The lowest BCUT2D eigenvalue weighted by atomic mass is 10.3. The predicted molar refractivity (Wildman–Crippen MR) is 72.9 cm³/mol. The van der Waals surface area contributed by atoms with Crippen molar-refractivity contribution < 1.29 is 9.53 Å². The SMILES string of the molecule is COCCn1c(=NC(C)=O)sc2cc(Cl)ccc21. The summed E-state index contributed by atoms with van der Waals surface area (Å²) in [5, 5.41) is 0.678. The molecule has 0 bridgehead atoms. The number of halogens is 1. The maximum Gasteiger partial charge on any atom is 0.245 e. The van der Waals surface area contributed by atoms with Gasteiger partial charge in [-0.2, -0.15) is 4.99 Å². The molecule has 0 aliphatic rings. The number of amides is 1. The molecule has 0 radical (unpaired) electrons. The predicted octanol–water partition coefficient (Wildman–Crippen LogP) is 2.45. The monoisotopic (exact) mass is 284 g/mol. The van der Waals surface area contributed by atoms with E-state index in [1.54, 1.807) is 7.11 Å². The van der Waals surface area contributed by atoms with E-state index >= 15 is 0 Å². The fourth-order valence-electron chi connectivity index (χ4n) is 1.67. The van der Waals surface area contributed by atoms with Gasteiger partial charge in [0.15, 0.2) is 4.80 Å². The van der Waals surface area contributed by atoms with Crippen LogP contribution in [0.4, 0.5) is 0 Å². The quantitative estimate of drug-likeness (QED) is 0.869. The van der Waals surface area contributed by atoms with E-state index in [9.17, 15) is 4.79 Å². The molecule has 1 aromatic heterocycles. The third-order valence-corrected chi connectivity index (χ3v) is 3.69.